The Morgan fingerprint density at radius 1 is 1.25 bits per heavy atom. The second kappa shape index (κ2) is 6.31. The first-order valence-electron chi connectivity index (χ1n) is 6.74. The molecule has 1 N–H and O–H groups in total. The third-order valence-corrected chi connectivity index (χ3v) is 3.27. The van der Waals surface area contributed by atoms with Gasteiger partial charge in [-0.15, -0.1) is 0 Å². The van der Waals surface area contributed by atoms with Crippen LogP contribution in [0.25, 0.3) is 11.0 Å². The highest BCUT2D eigenvalue weighted by molar-refractivity contribution is 5.77. The van der Waals surface area contributed by atoms with Crippen molar-refractivity contribution in [3.63, 3.8) is 0 Å². The van der Waals surface area contributed by atoms with Gasteiger partial charge >= 0.3 is 6.18 Å². The summed E-state index contributed by atoms with van der Waals surface area (Å²) < 4.78 is 42.3. The standard InChI is InChI=1S/C15H18F3NO/c1-2-19-13(5-7-15(16,17)18)9-11-3-4-12-6-8-20-14(12)10-11/h3-4,6,8,10,13,19H,2,5,7,9H2,1H3. The Bertz CT molecular complexity index is 547. The lowest BCUT2D eigenvalue weighted by Crippen LogP contribution is -2.32. The Morgan fingerprint density at radius 3 is 2.75 bits per heavy atom. The second-order valence-corrected chi connectivity index (χ2v) is 4.91. The van der Waals surface area contributed by atoms with Crippen molar-refractivity contribution in [2.75, 3.05) is 6.54 Å². The van der Waals surface area contributed by atoms with Gasteiger partial charge in [-0.3, -0.25) is 0 Å². The molecule has 20 heavy (non-hydrogen) atoms. The summed E-state index contributed by atoms with van der Waals surface area (Å²) >= 11 is 0. The van der Waals surface area contributed by atoms with Crippen molar-refractivity contribution in [3.05, 3.63) is 36.1 Å². The molecule has 0 amide bonds. The van der Waals surface area contributed by atoms with E-state index in [0.717, 1.165) is 16.5 Å². The van der Waals surface area contributed by atoms with E-state index >= 15 is 0 Å². The van der Waals surface area contributed by atoms with Crippen LogP contribution in [0.1, 0.15) is 25.3 Å². The van der Waals surface area contributed by atoms with Crippen LogP contribution in [0, 0.1) is 0 Å². The van der Waals surface area contributed by atoms with Crippen molar-refractivity contribution in [1.29, 1.82) is 0 Å². The summed E-state index contributed by atoms with van der Waals surface area (Å²) in [5.74, 6) is 0. The average Bonchev–Trinajstić information content (AvgIpc) is 2.82. The molecule has 1 aromatic carbocycles. The first-order chi connectivity index (χ1) is 9.48. The van der Waals surface area contributed by atoms with Gasteiger partial charge in [0.2, 0.25) is 0 Å². The maximum Gasteiger partial charge on any atom is 0.389 e. The van der Waals surface area contributed by atoms with Crippen molar-refractivity contribution in [3.8, 4) is 0 Å². The normalized spacial score (nSPS) is 13.8. The van der Waals surface area contributed by atoms with E-state index in [1.54, 1.807) is 6.26 Å². The summed E-state index contributed by atoms with van der Waals surface area (Å²) in [6.07, 6.45) is -2.58. The molecule has 0 radical (unpaired) electrons. The highest BCUT2D eigenvalue weighted by Crippen LogP contribution is 2.24. The minimum Gasteiger partial charge on any atom is -0.464 e. The molecule has 0 aliphatic heterocycles. The van der Waals surface area contributed by atoms with Crippen LogP contribution in [0.3, 0.4) is 0 Å². The topological polar surface area (TPSA) is 25.2 Å². The van der Waals surface area contributed by atoms with E-state index in [4.69, 9.17) is 4.42 Å². The maximum atomic E-state index is 12.3. The van der Waals surface area contributed by atoms with Crippen LogP contribution in [0.15, 0.2) is 34.9 Å². The zero-order valence-electron chi connectivity index (χ0n) is 11.3. The van der Waals surface area contributed by atoms with E-state index in [-0.39, 0.29) is 12.5 Å². The van der Waals surface area contributed by atoms with Crippen LogP contribution in [-0.2, 0) is 6.42 Å². The molecule has 1 heterocycles. The number of hydrogen-bond donors (Lipinski definition) is 1. The molecule has 2 aromatic rings. The lowest BCUT2D eigenvalue weighted by Gasteiger charge is -2.18. The zero-order chi connectivity index (χ0) is 14.6. The highest BCUT2D eigenvalue weighted by Gasteiger charge is 2.28. The lowest BCUT2D eigenvalue weighted by atomic mass is 10.0. The number of halogens is 3. The minimum atomic E-state index is -4.10. The summed E-state index contributed by atoms with van der Waals surface area (Å²) in [5.41, 5.74) is 1.76. The van der Waals surface area contributed by atoms with Gasteiger partial charge in [-0.25, -0.2) is 0 Å². The second-order valence-electron chi connectivity index (χ2n) is 4.91. The first-order valence-corrected chi connectivity index (χ1v) is 6.74. The summed E-state index contributed by atoms with van der Waals surface area (Å²) in [5, 5.41) is 4.12. The predicted molar refractivity (Wildman–Crippen MR) is 72.7 cm³/mol. The van der Waals surface area contributed by atoms with Gasteiger partial charge in [0, 0.05) is 17.8 Å². The summed E-state index contributed by atoms with van der Waals surface area (Å²) in [6.45, 7) is 2.56. The molecule has 1 unspecified atom stereocenters. The van der Waals surface area contributed by atoms with E-state index in [1.807, 2.05) is 31.2 Å². The van der Waals surface area contributed by atoms with Crippen molar-refractivity contribution >= 4 is 11.0 Å². The van der Waals surface area contributed by atoms with Crippen molar-refractivity contribution in [2.24, 2.45) is 0 Å². The van der Waals surface area contributed by atoms with E-state index in [9.17, 15) is 13.2 Å². The zero-order valence-corrected chi connectivity index (χ0v) is 11.3. The summed E-state index contributed by atoms with van der Waals surface area (Å²) in [6, 6.07) is 7.46. The van der Waals surface area contributed by atoms with Crippen LogP contribution in [-0.4, -0.2) is 18.8 Å². The molecule has 2 nitrogen and oxygen atoms in total. The first kappa shape index (κ1) is 14.9. The number of nitrogens with one attached hydrogen (secondary N) is 1. The highest BCUT2D eigenvalue weighted by atomic mass is 19.4. The monoisotopic (exact) mass is 285 g/mol. The van der Waals surface area contributed by atoms with Crippen molar-refractivity contribution in [2.45, 2.75) is 38.4 Å². The third kappa shape index (κ3) is 4.27. The Labute approximate surface area is 116 Å². The molecule has 5 heteroatoms. The number of hydrogen-bond acceptors (Lipinski definition) is 2. The Kier molecular flexibility index (Phi) is 4.70. The van der Waals surface area contributed by atoms with E-state index in [0.29, 0.717) is 13.0 Å². The van der Waals surface area contributed by atoms with E-state index in [1.165, 1.54) is 0 Å². The van der Waals surface area contributed by atoms with Crippen molar-refractivity contribution in [1.82, 2.24) is 5.32 Å². The minimum absolute atomic E-state index is 0.0908. The number of likely N-dealkylation sites (N-methyl/N-ethyl adjacent to an activating group) is 1. The largest absolute Gasteiger partial charge is 0.464 e. The number of alkyl halides is 3. The van der Waals surface area contributed by atoms with Gasteiger partial charge in [0.15, 0.2) is 0 Å². The van der Waals surface area contributed by atoms with Crippen LogP contribution >= 0.6 is 0 Å². The Hall–Kier alpha value is -1.49. The third-order valence-electron chi connectivity index (χ3n) is 3.27. The SMILES string of the molecule is CCNC(CCC(F)(F)F)Cc1ccc2ccoc2c1. The average molecular weight is 285 g/mol. The molecule has 2 rings (SSSR count). The van der Waals surface area contributed by atoms with E-state index in [2.05, 4.69) is 5.32 Å². The number of furan rings is 1. The molecule has 110 valence electrons. The molecule has 0 saturated carbocycles. The molecule has 0 aliphatic carbocycles. The molecule has 0 bridgehead atoms. The Balaban J connectivity index is 2.02. The van der Waals surface area contributed by atoms with Crippen LogP contribution in [0.4, 0.5) is 13.2 Å². The predicted octanol–water partition coefficient (Wildman–Crippen LogP) is 4.30. The van der Waals surface area contributed by atoms with Gasteiger partial charge in [0.25, 0.3) is 0 Å². The van der Waals surface area contributed by atoms with Crippen molar-refractivity contribution < 1.29 is 17.6 Å². The fourth-order valence-corrected chi connectivity index (χ4v) is 2.31. The maximum absolute atomic E-state index is 12.3. The Morgan fingerprint density at radius 2 is 2.05 bits per heavy atom. The number of fused-ring (bicyclic) bond motifs is 1. The van der Waals surface area contributed by atoms with Crippen LogP contribution in [0.5, 0.6) is 0 Å². The summed E-state index contributed by atoms with van der Waals surface area (Å²) in [7, 11) is 0. The fourth-order valence-electron chi connectivity index (χ4n) is 2.31. The van der Waals surface area contributed by atoms with Gasteiger partial charge in [-0.1, -0.05) is 19.1 Å². The lowest BCUT2D eigenvalue weighted by molar-refractivity contribution is -0.136. The molecule has 0 spiro atoms. The van der Waals surface area contributed by atoms with Gasteiger partial charge in [0.05, 0.1) is 6.26 Å². The van der Waals surface area contributed by atoms with Gasteiger partial charge < -0.3 is 9.73 Å². The van der Waals surface area contributed by atoms with Crippen LogP contribution in [0.2, 0.25) is 0 Å². The molecular weight excluding hydrogens is 267 g/mol. The fraction of sp³-hybridized carbons (Fsp3) is 0.467. The van der Waals surface area contributed by atoms with Gasteiger partial charge in [-0.2, -0.15) is 13.2 Å². The summed E-state index contributed by atoms with van der Waals surface area (Å²) in [4.78, 5) is 0. The molecule has 0 saturated heterocycles. The van der Waals surface area contributed by atoms with Crippen LogP contribution < -0.4 is 5.32 Å². The molecule has 1 atom stereocenters. The van der Waals surface area contributed by atoms with E-state index < -0.39 is 12.6 Å². The molecule has 1 aromatic heterocycles. The number of benzene rings is 1. The molecule has 0 aliphatic rings. The molecule has 0 fully saturated rings. The smallest absolute Gasteiger partial charge is 0.389 e. The quantitative estimate of drug-likeness (QED) is 0.856. The van der Waals surface area contributed by atoms with Gasteiger partial charge in [-0.05, 0) is 37.1 Å². The molecular formula is C15H18F3NO. The van der Waals surface area contributed by atoms with Gasteiger partial charge in [0.1, 0.15) is 5.58 Å². The number of rotatable bonds is 6.